The maximum atomic E-state index is 10.7. The van der Waals surface area contributed by atoms with Crippen LogP contribution in [0.5, 0.6) is 0 Å². The van der Waals surface area contributed by atoms with Gasteiger partial charge in [-0.3, -0.25) is 4.68 Å². The van der Waals surface area contributed by atoms with Crippen molar-refractivity contribution in [3.8, 4) is 11.3 Å². The van der Waals surface area contributed by atoms with Crippen molar-refractivity contribution in [2.75, 3.05) is 0 Å². The molecule has 0 radical (unpaired) electrons. The number of aryl methyl sites for hydroxylation is 1. The number of carboxylic acid groups (broad SMARTS) is 1. The maximum absolute atomic E-state index is 10.7. The second-order valence-electron chi connectivity index (χ2n) is 3.92. The summed E-state index contributed by atoms with van der Waals surface area (Å²) in [5.41, 5.74) is 2.30. The molecular formula is C12H9N3O3. The lowest BCUT2D eigenvalue weighted by Gasteiger charge is -1.97. The third-order valence-corrected chi connectivity index (χ3v) is 2.76. The van der Waals surface area contributed by atoms with Crippen LogP contribution in [0.4, 0.5) is 0 Å². The van der Waals surface area contributed by atoms with Gasteiger partial charge < -0.3 is 9.63 Å². The molecule has 0 unspecified atom stereocenters. The lowest BCUT2D eigenvalue weighted by molar-refractivity contribution is 0.0652. The number of benzene rings is 1. The van der Waals surface area contributed by atoms with Crippen LogP contribution in [0.3, 0.4) is 0 Å². The van der Waals surface area contributed by atoms with Crippen LogP contribution in [0.25, 0.3) is 22.2 Å². The Hall–Kier alpha value is -2.63. The topological polar surface area (TPSA) is 81.2 Å². The molecule has 1 aromatic carbocycles. The molecule has 0 aliphatic heterocycles. The van der Waals surface area contributed by atoms with Gasteiger partial charge in [-0.25, -0.2) is 4.79 Å². The second-order valence-corrected chi connectivity index (χ2v) is 3.92. The van der Waals surface area contributed by atoms with Crippen molar-refractivity contribution in [1.82, 2.24) is 14.9 Å². The number of fused-ring (bicyclic) bond motifs is 1. The molecule has 90 valence electrons. The van der Waals surface area contributed by atoms with E-state index < -0.39 is 5.97 Å². The van der Waals surface area contributed by atoms with E-state index in [9.17, 15) is 4.79 Å². The number of carbonyl (C=O) groups is 1. The first kappa shape index (κ1) is 10.5. The van der Waals surface area contributed by atoms with Gasteiger partial charge in [0.25, 0.3) is 0 Å². The van der Waals surface area contributed by atoms with E-state index in [0.717, 1.165) is 16.5 Å². The first-order valence-corrected chi connectivity index (χ1v) is 5.27. The predicted octanol–water partition coefficient (Wildman–Crippen LogP) is 1.93. The van der Waals surface area contributed by atoms with E-state index in [4.69, 9.17) is 9.63 Å². The largest absolute Gasteiger partial charge is 0.475 e. The molecule has 6 nitrogen and oxygen atoms in total. The number of hydrogen-bond donors (Lipinski definition) is 1. The standard InChI is InChI=1S/C12H9N3O3/c1-15-10-3-2-7(4-8(10)6-13-15)9-5-11(12(16)17)18-14-9/h2-6H,1H3,(H,16,17). The molecule has 2 heterocycles. The van der Waals surface area contributed by atoms with Crippen molar-refractivity contribution in [2.45, 2.75) is 0 Å². The Kier molecular flexibility index (Phi) is 2.16. The normalized spacial score (nSPS) is 10.9. The van der Waals surface area contributed by atoms with Crippen molar-refractivity contribution in [1.29, 1.82) is 0 Å². The molecule has 0 aliphatic carbocycles. The summed E-state index contributed by atoms with van der Waals surface area (Å²) < 4.78 is 6.50. The minimum atomic E-state index is -1.13. The predicted molar refractivity (Wildman–Crippen MR) is 63.2 cm³/mol. The van der Waals surface area contributed by atoms with E-state index in [1.807, 2.05) is 25.2 Å². The molecule has 18 heavy (non-hydrogen) atoms. The molecule has 0 bridgehead atoms. The van der Waals surface area contributed by atoms with Crippen LogP contribution >= 0.6 is 0 Å². The number of rotatable bonds is 2. The van der Waals surface area contributed by atoms with Crippen LogP contribution in [-0.4, -0.2) is 26.0 Å². The number of carboxylic acids is 1. The summed E-state index contributed by atoms with van der Waals surface area (Å²) >= 11 is 0. The molecule has 0 saturated carbocycles. The van der Waals surface area contributed by atoms with E-state index in [1.54, 1.807) is 10.9 Å². The molecule has 3 rings (SSSR count). The average molecular weight is 243 g/mol. The molecule has 2 aromatic heterocycles. The maximum Gasteiger partial charge on any atom is 0.374 e. The molecule has 0 fully saturated rings. The van der Waals surface area contributed by atoms with E-state index in [2.05, 4.69) is 10.3 Å². The summed E-state index contributed by atoms with van der Waals surface area (Å²) in [6.07, 6.45) is 1.75. The molecule has 0 saturated heterocycles. The third-order valence-electron chi connectivity index (χ3n) is 2.76. The van der Waals surface area contributed by atoms with Gasteiger partial charge >= 0.3 is 5.97 Å². The van der Waals surface area contributed by atoms with Crippen LogP contribution in [0, 0.1) is 0 Å². The van der Waals surface area contributed by atoms with Crippen LogP contribution in [-0.2, 0) is 7.05 Å². The Morgan fingerprint density at radius 3 is 2.94 bits per heavy atom. The highest BCUT2D eigenvalue weighted by Crippen LogP contribution is 2.23. The number of hydrogen-bond acceptors (Lipinski definition) is 4. The minimum Gasteiger partial charge on any atom is -0.475 e. The van der Waals surface area contributed by atoms with Gasteiger partial charge in [-0.1, -0.05) is 11.2 Å². The summed E-state index contributed by atoms with van der Waals surface area (Å²) in [6.45, 7) is 0. The van der Waals surface area contributed by atoms with Gasteiger partial charge in [0.1, 0.15) is 5.69 Å². The summed E-state index contributed by atoms with van der Waals surface area (Å²) in [7, 11) is 1.86. The molecule has 1 N–H and O–H groups in total. The van der Waals surface area contributed by atoms with Gasteiger partial charge in [0.2, 0.25) is 5.76 Å². The molecule has 0 atom stereocenters. The van der Waals surface area contributed by atoms with Gasteiger partial charge in [0.05, 0.1) is 11.7 Å². The first-order valence-electron chi connectivity index (χ1n) is 5.27. The van der Waals surface area contributed by atoms with Crippen molar-refractivity contribution >= 4 is 16.9 Å². The zero-order valence-corrected chi connectivity index (χ0v) is 9.49. The lowest BCUT2D eigenvalue weighted by atomic mass is 10.1. The quantitative estimate of drug-likeness (QED) is 0.743. The van der Waals surface area contributed by atoms with Gasteiger partial charge in [-0.2, -0.15) is 5.10 Å². The Morgan fingerprint density at radius 1 is 1.39 bits per heavy atom. The van der Waals surface area contributed by atoms with Crippen molar-refractivity contribution in [3.63, 3.8) is 0 Å². The van der Waals surface area contributed by atoms with Crippen LogP contribution in [0.1, 0.15) is 10.6 Å². The monoisotopic (exact) mass is 243 g/mol. The van der Waals surface area contributed by atoms with Crippen LogP contribution < -0.4 is 0 Å². The zero-order valence-electron chi connectivity index (χ0n) is 9.49. The van der Waals surface area contributed by atoms with E-state index in [-0.39, 0.29) is 5.76 Å². The summed E-state index contributed by atoms with van der Waals surface area (Å²) in [4.78, 5) is 10.7. The fourth-order valence-electron chi connectivity index (χ4n) is 1.84. The van der Waals surface area contributed by atoms with Crippen LogP contribution in [0.2, 0.25) is 0 Å². The molecular weight excluding hydrogens is 234 g/mol. The molecule has 0 spiro atoms. The van der Waals surface area contributed by atoms with Crippen molar-refractivity contribution in [2.24, 2.45) is 7.05 Å². The van der Waals surface area contributed by atoms with Crippen molar-refractivity contribution < 1.29 is 14.4 Å². The zero-order chi connectivity index (χ0) is 12.7. The summed E-state index contributed by atoms with van der Waals surface area (Å²) in [5.74, 6) is -1.30. The lowest BCUT2D eigenvalue weighted by Crippen LogP contribution is -1.91. The second kappa shape index (κ2) is 3.69. The Balaban J connectivity index is 2.10. The highest BCUT2D eigenvalue weighted by Gasteiger charge is 2.12. The van der Waals surface area contributed by atoms with Crippen molar-refractivity contribution in [3.05, 3.63) is 36.2 Å². The SMILES string of the molecule is Cn1ncc2cc(-c3cc(C(=O)O)on3)ccc21. The highest BCUT2D eigenvalue weighted by molar-refractivity contribution is 5.87. The Bertz CT molecular complexity index is 742. The van der Waals surface area contributed by atoms with E-state index >= 15 is 0 Å². The number of nitrogens with zero attached hydrogens (tertiary/aromatic N) is 3. The Morgan fingerprint density at radius 2 is 2.22 bits per heavy atom. The molecule has 3 aromatic rings. The third kappa shape index (κ3) is 1.55. The fraction of sp³-hybridized carbons (Fsp3) is 0.0833. The van der Waals surface area contributed by atoms with Gasteiger partial charge in [0.15, 0.2) is 0 Å². The van der Waals surface area contributed by atoms with Crippen LogP contribution in [0.15, 0.2) is 35.0 Å². The summed E-state index contributed by atoms with van der Waals surface area (Å²) in [5, 5.41) is 17.6. The van der Waals surface area contributed by atoms with Gasteiger partial charge in [-0.15, -0.1) is 0 Å². The van der Waals surface area contributed by atoms with E-state index in [1.165, 1.54) is 6.07 Å². The first-order chi connectivity index (χ1) is 8.65. The average Bonchev–Trinajstić information content (AvgIpc) is 2.96. The molecule has 0 amide bonds. The minimum absolute atomic E-state index is 0.170. The molecule has 6 heteroatoms. The van der Waals surface area contributed by atoms with E-state index in [0.29, 0.717) is 5.69 Å². The number of aromatic nitrogens is 3. The highest BCUT2D eigenvalue weighted by atomic mass is 16.5. The number of aromatic carboxylic acids is 1. The summed E-state index contributed by atoms with van der Waals surface area (Å²) in [6, 6.07) is 7.06. The fourth-order valence-corrected chi connectivity index (χ4v) is 1.84. The van der Waals surface area contributed by atoms with Gasteiger partial charge in [0, 0.05) is 24.1 Å². The van der Waals surface area contributed by atoms with Gasteiger partial charge in [-0.05, 0) is 12.1 Å². The smallest absolute Gasteiger partial charge is 0.374 e. The Labute approximate surface area is 101 Å². The molecule has 0 aliphatic rings.